The van der Waals surface area contributed by atoms with Gasteiger partial charge in [0.05, 0.1) is 76.0 Å². The molecule has 0 fully saturated rings. The zero-order valence-corrected chi connectivity index (χ0v) is 61.4. The van der Waals surface area contributed by atoms with Gasteiger partial charge in [-0.1, -0.05) is 146 Å². The molecule has 0 aromatic heterocycles. The van der Waals surface area contributed by atoms with E-state index < -0.39 is 35.8 Å². The van der Waals surface area contributed by atoms with Gasteiger partial charge in [-0.25, -0.2) is 28.8 Å². The minimum absolute atomic E-state index is 0.0706. The Hall–Kier alpha value is -14.5. The first-order valence-electron chi connectivity index (χ1n) is 35.7. The Labute approximate surface area is 641 Å². The number of rotatable bonds is 6. The van der Waals surface area contributed by atoms with Crippen molar-refractivity contribution in [2.45, 2.75) is 26.4 Å². The van der Waals surface area contributed by atoms with Gasteiger partial charge in [-0.05, 0) is 174 Å². The molecule has 0 spiro atoms. The lowest BCUT2D eigenvalue weighted by Crippen LogP contribution is -2.12. The number of hydrogen-bond acceptors (Lipinski definition) is 18. The third-order valence-electron chi connectivity index (χ3n) is 20.1. The van der Waals surface area contributed by atoms with Gasteiger partial charge in [0.25, 0.3) is 0 Å². The highest BCUT2D eigenvalue weighted by molar-refractivity contribution is 6.15. The average molecular weight is 1490 g/mol. The third-order valence-corrected chi connectivity index (χ3v) is 20.1. The van der Waals surface area contributed by atoms with Gasteiger partial charge < -0.3 is 56.8 Å². The standard InChI is InChI=1S/C94H68O18/c1-101-83-65-43-59-19-7-13-25-69(59)77(83)78-70-26-14-8-20-60(70)44-66(84(78)102-2)50-108-90(96)54-33-37-56(38-34-54)92(98)110-52-68-46-62-22-10-16-28-72(62)80(86(68)104-4)82-74-30-18-12-24-64(74)48-76(88(82)106-6)112-94(100)58-41-39-57(40-42-58)93(99)111-75-47-63-23-11-17-29-73(63)81(87(75)105-5)79-71-27-15-9-21-61(71)45-67(85(79)103-3)51-109-91(97)55-35-31-53(32-36-55)89(95)107-49-65/h7-48H,49-52H2,1-6H3. The summed E-state index contributed by atoms with van der Waals surface area (Å²) < 4.78 is 74.7. The molecular formula is C94H68O18. The van der Waals surface area contributed by atoms with E-state index in [1.807, 2.05) is 170 Å². The first-order valence-corrected chi connectivity index (χ1v) is 35.7. The van der Waals surface area contributed by atoms with Crippen molar-refractivity contribution < 1.29 is 85.6 Å². The Morgan fingerprint density at radius 3 is 0.598 bits per heavy atom. The molecule has 0 saturated carbocycles. The van der Waals surface area contributed by atoms with Crippen LogP contribution in [-0.2, 0) is 45.4 Å². The quantitative estimate of drug-likeness (QED) is 0.0860. The molecule has 4 aliphatic rings. The summed E-state index contributed by atoms with van der Waals surface area (Å²) in [6, 6.07) is 74.5. The number of fused-ring (bicyclic) bond motifs is 9. The van der Waals surface area contributed by atoms with Crippen LogP contribution in [0.2, 0.25) is 0 Å². The summed E-state index contributed by atoms with van der Waals surface area (Å²) in [6.45, 7) is -0.985. The lowest BCUT2D eigenvalue weighted by molar-refractivity contribution is 0.0456. The molecule has 552 valence electrons. The molecular weight excluding hydrogens is 1420 g/mol. The highest BCUT2D eigenvalue weighted by Gasteiger charge is 2.31. The third kappa shape index (κ3) is 13.3. The van der Waals surface area contributed by atoms with Crippen molar-refractivity contribution in [2.75, 3.05) is 42.7 Å². The minimum Gasteiger partial charge on any atom is -0.496 e. The van der Waals surface area contributed by atoms with Gasteiger partial charge in [0, 0.05) is 55.6 Å². The summed E-state index contributed by atoms with van der Waals surface area (Å²) >= 11 is 0. The van der Waals surface area contributed by atoms with Crippen LogP contribution < -0.4 is 37.9 Å². The van der Waals surface area contributed by atoms with Crippen molar-refractivity contribution in [3.63, 3.8) is 0 Å². The largest absolute Gasteiger partial charge is 0.496 e. The SMILES string of the molecule is COc1c2cc3ccccc3c1-c1c(OC)c(cc3ccccc13)COC(=O)c1ccc(cc1)C(=O)OCc1cc3ccccc3c(c1OC)-c1c(OC)c(cc3ccccc13)OC(=O)c1ccc(cc1)C(=O)Oc1cc3ccccc3c(c1OC)-c1c(OC)c(cc3ccccc13)COC(=O)c1ccc(cc1)C(=O)OC2. The molecule has 0 aliphatic carbocycles. The second-order valence-corrected chi connectivity index (χ2v) is 26.5. The van der Waals surface area contributed by atoms with E-state index in [1.165, 1.54) is 115 Å². The van der Waals surface area contributed by atoms with Crippen LogP contribution in [-0.4, -0.2) is 78.5 Å². The average Bonchev–Trinajstić information content (AvgIpc) is 0.749. The lowest BCUT2D eigenvalue weighted by Gasteiger charge is -2.22. The fraction of sp³-hybridized carbons (Fsp3) is 0.106. The molecule has 4 heterocycles. The van der Waals surface area contributed by atoms with Crippen molar-refractivity contribution in [3.8, 4) is 79.4 Å². The fourth-order valence-corrected chi connectivity index (χ4v) is 15.0. The van der Waals surface area contributed by atoms with Gasteiger partial charge in [-0.2, -0.15) is 0 Å². The first kappa shape index (κ1) is 71.7. The summed E-state index contributed by atoms with van der Waals surface area (Å²) in [5, 5.41) is 9.01. The van der Waals surface area contributed by atoms with Gasteiger partial charge in [0.15, 0.2) is 23.0 Å². The molecule has 18 nitrogen and oxygen atoms in total. The van der Waals surface area contributed by atoms with Gasteiger partial charge in [0.1, 0.15) is 49.4 Å². The minimum atomic E-state index is -0.771. The molecule has 18 bridgehead atoms. The van der Waals surface area contributed by atoms with E-state index >= 15 is 0 Å². The second-order valence-electron chi connectivity index (χ2n) is 26.5. The maximum Gasteiger partial charge on any atom is 0.343 e. The Balaban J connectivity index is 0.787. The molecule has 0 N–H and O–H groups in total. The predicted octanol–water partition coefficient (Wildman–Crippen LogP) is 19.8. The maximum absolute atomic E-state index is 14.6. The van der Waals surface area contributed by atoms with E-state index in [0.717, 1.165) is 53.9 Å². The van der Waals surface area contributed by atoms with Crippen molar-refractivity contribution in [2.24, 2.45) is 0 Å². The van der Waals surface area contributed by atoms with Crippen LogP contribution >= 0.6 is 0 Å². The molecule has 15 aromatic rings. The Bertz CT molecular complexity index is 5960. The van der Waals surface area contributed by atoms with Crippen LogP contribution in [0.3, 0.4) is 0 Å². The monoisotopic (exact) mass is 1480 g/mol. The van der Waals surface area contributed by atoms with Gasteiger partial charge in [0.2, 0.25) is 0 Å². The number of hydrogen-bond donors (Lipinski definition) is 0. The Morgan fingerprint density at radius 1 is 0.214 bits per heavy atom. The van der Waals surface area contributed by atoms with Gasteiger partial charge >= 0.3 is 35.8 Å². The smallest absolute Gasteiger partial charge is 0.343 e. The highest BCUT2D eigenvalue weighted by Crippen LogP contribution is 2.54. The van der Waals surface area contributed by atoms with E-state index in [2.05, 4.69) is 0 Å². The molecule has 0 atom stereocenters. The Kier molecular flexibility index (Phi) is 19.6. The van der Waals surface area contributed by atoms with Crippen LogP contribution in [0.4, 0.5) is 0 Å². The Morgan fingerprint density at radius 2 is 0.393 bits per heavy atom. The van der Waals surface area contributed by atoms with E-state index in [-0.39, 0.29) is 82.8 Å². The molecule has 18 heteroatoms. The second kappa shape index (κ2) is 30.6. The summed E-state index contributed by atoms with van der Waals surface area (Å²) in [5.41, 5.74) is 6.27. The zero-order valence-electron chi connectivity index (χ0n) is 61.4. The number of benzene rings is 15. The number of carbonyl (C=O) groups excluding carboxylic acids is 6. The lowest BCUT2D eigenvalue weighted by atomic mass is 9.89. The van der Waals surface area contributed by atoms with Crippen molar-refractivity contribution in [1.82, 2.24) is 0 Å². The molecule has 0 amide bonds. The van der Waals surface area contributed by atoms with Crippen LogP contribution in [0.5, 0.6) is 46.0 Å². The van der Waals surface area contributed by atoms with E-state index in [0.29, 0.717) is 89.4 Å². The van der Waals surface area contributed by atoms with Crippen LogP contribution in [0.15, 0.2) is 255 Å². The predicted molar refractivity (Wildman–Crippen MR) is 426 cm³/mol. The summed E-state index contributed by atoms with van der Waals surface area (Å²) in [5.74, 6) is -2.28. The first-order chi connectivity index (χ1) is 54.8. The highest BCUT2D eigenvalue weighted by atomic mass is 16.6. The number of methoxy groups -OCH3 is 6. The van der Waals surface area contributed by atoms with Gasteiger partial charge in [-0.3, -0.25) is 0 Å². The maximum atomic E-state index is 14.6. The molecule has 4 aliphatic heterocycles. The number of carbonyl (C=O) groups is 6. The van der Waals surface area contributed by atoms with Crippen molar-refractivity contribution in [3.05, 3.63) is 310 Å². The zero-order chi connectivity index (χ0) is 77.3. The number of ether oxygens (including phenoxy) is 12. The molecule has 15 aromatic carbocycles. The molecule has 0 radical (unpaired) electrons. The molecule has 112 heavy (non-hydrogen) atoms. The van der Waals surface area contributed by atoms with E-state index in [4.69, 9.17) is 56.8 Å². The normalized spacial score (nSPS) is 13.1. The van der Waals surface area contributed by atoms with Crippen LogP contribution in [0.25, 0.3) is 98.0 Å². The molecule has 19 rings (SSSR count). The summed E-state index contributed by atoms with van der Waals surface area (Å²) in [7, 11) is 9.06. The van der Waals surface area contributed by atoms with Crippen molar-refractivity contribution >= 4 is 100 Å². The van der Waals surface area contributed by atoms with Crippen LogP contribution in [0, 0.1) is 0 Å². The van der Waals surface area contributed by atoms with E-state index in [9.17, 15) is 28.8 Å². The van der Waals surface area contributed by atoms with Crippen molar-refractivity contribution in [1.29, 1.82) is 0 Å². The van der Waals surface area contributed by atoms with Crippen LogP contribution in [0.1, 0.15) is 84.4 Å². The molecule has 0 unspecified atom stereocenters. The van der Waals surface area contributed by atoms with Gasteiger partial charge in [-0.15, -0.1) is 0 Å². The summed E-state index contributed by atoms with van der Waals surface area (Å²) in [6.07, 6.45) is 0. The summed E-state index contributed by atoms with van der Waals surface area (Å²) in [4.78, 5) is 85.7. The fourth-order valence-electron chi connectivity index (χ4n) is 15.0. The molecule has 0 saturated heterocycles. The number of esters is 6. The van der Waals surface area contributed by atoms with E-state index in [1.54, 1.807) is 12.1 Å². The topological polar surface area (TPSA) is 213 Å².